The van der Waals surface area contributed by atoms with Crippen LogP contribution in [0.4, 0.5) is 4.39 Å². The molecule has 0 radical (unpaired) electrons. The number of ether oxygens (including phenoxy) is 1. The average molecular weight is 268 g/mol. The van der Waals surface area contributed by atoms with Gasteiger partial charge in [0.2, 0.25) is 0 Å². The summed E-state index contributed by atoms with van der Waals surface area (Å²) < 4.78 is 19.3. The van der Waals surface area contributed by atoms with Gasteiger partial charge in [0, 0.05) is 12.0 Å². The molecular weight excluding hydrogens is 251 g/mol. The third kappa shape index (κ3) is 1.82. The lowest BCUT2D eigenvalue weighted by Gasteiger charge is -2.48. The zero-order chi connectivity index (χ0) is 12.8. The molecule has 1 aliphatic carbocycles. The minimum atomic E-state index is -0.612. The van der Waals surface area contributed by atoms with E-state index in [1.54, 1.807) is 6.07 Å². The highest BCUT2D eigenvalue weighted by Gasteiger charge is 2.47. The predicted molar refractivity (Wildman–Crippen MR) is 70.5 cm³/mol. The van der Waals surface area contributed by atoms with E-state index in [9.17, 15) is 9.50 Å². The SMILES string of the molecule is CSC1(C2C[C@@H](O)c3cc(F)ccc3O2)CCC1. The molecule has 0 spiro atoms. The fraction of sp³-hybridized carbons (Fsp3) is 0.571. The first kappa shape index (κ1) is 12.3. The van der Waals surface area contributed by atoms with Crippen molar-refractivity contribution >= 4 is 11.8 Å². The second-order valence-electron chi connectivity index (χ2n) is 5.16. The normalized spacial score (nSPS) is 29.1. The van der Waals surface area contributed by atoms with Gasteiger partial charge >= 0.3 is 0 Å². The lowest BCUT2D eigenvalue weighted by Crippen LogP contribution is -2.50. The average Bonchev–Trinajstić information content (AvgIpc) is 2.29. The highest BCUT2D eigenvalue weighted by Crippen LogP contribution is 2.51. The Bertz CT molecular complexity index is 454. The van der Waals surface area contributed by atoms with Crippen LogP contribution in [0.15, 0.2) is 18.2 Å². The van der Waals surface area contributed by atoms with Crippen LogP contribution in [-0.2, 0) is 0 Å². The highest BCUT2D eigenvalue weighted by molar-refractivity contribution is 8.00. The molecule has 1 aromatic rings. The van der Waals surface area contributed by atoms with Crippen molar-refractivity contribution in [2.45, 2.75) is 42.6 Å². The van der Waals surface area contributed by atoms with E-state index in [0.717, 1.165) is 12.8 Å². The van der Waals surface area contributed by atoms with Gasteiger partial charge in [-0.3, -0.25) is 0 Å². The third-order valence-corrected chi connectivity index (χ3v) is 5.71. The van der Waals surface area contributed by atoms with E-state index in [-0.39, 0.29) is 16.7 Å². The first-order chi connectivity index (χ1) is 8.64. The molecule has 0 aromatic heterocycles. The van der Waals surface area contributed by atoms with Gasteiger partial charge < -0.3 is 9.84 Å². The first-order valence-electron chi connectivity index (χ1n) is 6.34. The van der Waals surface area contributed by atoms with Crippen molar-refractivity contribution in [3.8, 4) is 5.75 Å². The molecule has 18 heavy (non-hydrogen) atoms. The Morgan fingerprint density at radius 2 is 2.22 bits per heavy atom. The molecule has 1 aromatic carbocycles. The van der Waals surface area contributed by atoms with Crippen molar-refractivity contribution in [2.75, 3.05) is 6.26 Å². The van der Waals surface area contributed by atoms with Gasteiger partial charge in [-0.15, -0.1) is 0 Å². The van der Waals surface area contributed by atoms with E-state index in [1.807, 2.05) is 11.8 Å². The van der Waals surface area contributed by atoms with Crippen molar-refractivity contribution in [3.63, 3.8) is 0 Å². The van der Waals surface area contributed by atoms with E-state index in [2.05, 4.69) is 6.26 Å². The molecular formula is C14H17FO2S. The van der Waals surface area contributed by atoms with Gasteiger partial charge in [-0.05, 0) is 37.3 Å². The molecule has 4 heteroatoms. The van der Waals surface area contributed by atoms with Crippen LogP contribution in [0.2, 0.25) is 0 Å². The van der Waals surface area contributed by atoms with Crippen LogP contribution in [0, 0.1) is 5.82 Å². The number of aliphatic hydroxyl groups excluding tert-OH is 1. The molecule has 1 fully saturated rings. The number of aliphatic hydroxyl groups is 1. The van der Waals surface area contributed by atoms with Gasteiger partial charge in [0.1, 0.15) is 17.7 Å². The maximum absolute atomic E-state index is 13.2. The van der Waals surface area contributed by atoms with Crippen LogP contribution >= 0.6 is 11.8 Å². The Labute approximate surface area is 111 Å². The molecule has 1 saturated carbocycles. The van der Waals surface area contributed by atoms with Crippen molar-refractivity contribution in [2.24, 2.45) is 0 Å². The second-order valence-corrected chi connectivity index (χ2v) is 6.38. The van der Waals surface area contributed by atoms with Crippen LogP contribution in [0.1, 0.15) is 37.4 Å². The topological polar surface area (TPSA) is 29.5 Å². The second kappa shape index (κ2) is 4.42. The largest absolute Gasteiger partial charge is 0.488 e. The Morgan fingerprint density at radius 1 is 1.44 bits per heavy atom. The number of fused-ring (bicyclic) bond motifs is 1. The molecule has 2 nitrogen and oxygen atoms in total. The summed E-state index contributed by atoms with van der Waals surface area (Å²) in [5, 5.41) is 10.2. The van der Waals surface area contributed by atoms with Gasteiger partial charge in [-0.2, -0.15) is 11.8 Å². The minimum absolute atomic E-state index is 0.0363. The standard InChI is InChI=1S/C14H17FO2S/c1-18-14(5-2-6-14)13-8-11(16)10-7-9(15)3-4-12(10)17-13/h3-4,7,11,13,16H,2,5-6,8H2,1H3/t11-,13?/m1/s1. The monoisotopic (exact) mass is 268 g/mol. The predicted octanol–water partition coefficient (Wildman–Crippen LogP) is 3.30. The van der Waals surface area contributed by atoms with Gasteiger partial charge in [0.05, 0.1) is 10.9 Å². The van der Waals surface area contributed by atoms with Crippen molar-refractivity contribution in [1.29, 1.82) is 0 Å². The molecule has 98 valence electrons. The summed E-state index contributed by atoms with van der Waals surface area (Å²) in [6.07, 6.45) is 5.61. The molecule has 3 rings (SSSR count). The molecule has 0 saturated heterocycles. The van der Waals surface area contributed by atoms with Crippen molar-refractivity contribution in [1.82, 2.24) is 0 Å². The number of halogens is 1. The number of rotatable bonds is 2. The number of hydrogen-bond donors (Lipinski definition) is 1. The van der Waals surface area contributed by atoms with E-state index in [4.69, 9.17) is 4.74 Å². The maximum Gasteiger partial charge on any atom is 0.125 e. The third-order valence-electron chi connectivity index (χ3n) is 4.23. The summed E-state index contributed by atoms with van der Waals surface area (Å²) in [4.78, 5) is 0. The quantitative estimate of drug-likeness (QED) is 0.892. The summed E-state index contributed by atoms with van der Waals surface area (Å²) in [5.74, 6) is 0.318. The van der Waals surface area contributed by atoms with Crippen LogP contribution in [0.5, 0.6) is 5.75 Å². The van der Waals surface area contributed by atoms with Crippen molar-refractivity contribution < 1.29 is 14.2 Å². The molecule has 1 aliphatic heterocycles. The highest BCUT2D eigenvalue weighted by atomic mass is 32.2. The number of benzene rings is 1. The fourth-order valence-electron chi connectivity index (χ4n) is 2.92. The van der Waals surface area contributed by atoms with Gasteiger partial charge in [-0.25, -0.2) is 4.39 Å². The molecule has 1 unspecified atom stereocenters. The van der Waals surface area contributed by atoms with E-state index >= 15 is 0 Å². The fourth-order valence-corrected chi connectivity index (χ4v) is 4.03. The lowest BCUT2D eigenvalue weighted by atomic mass is 9.76. The first-order valence-corrected chi connectivity index (χ1v) is 7.56. The maximum atomic E-state index is 13.2. The van der Waals surface area contributed by atoms with E-state index in [0.29, 0.717) is 17.7 Å². The van der Waals surface area contributed by atoms with Gasteiger partial charge in [0.15, 0.2) is 0 Å². The number of thioether (sulfide) groups is 1. The Kier molecular flexibility index (Phi) is 3.02. The Balaban J connectivity index is 1.89. The molecule has 2 aliphatic rings. The van der Waals surface area contributed by atoms with Crippen LogP contribution in [0.25, 0.3) is 0 Å². The molecule has 1 N–H and O–H groups in total. The Morgan fingerprint density at radius 3 is 2.83 bits per heavy atom. The summed E-state index contributed by atoms with van der Waals surface area (Å²) in [5.41, 5.74) is 0.585. The number of hydrogen-bond acceptors (Lipinski definition) is 3. The lowest BCUT2D eigenvalue weighted by molar-refractivity contribution is 0.0254. The Hall–Kier alpha value is -0.740. The molecule has 1 heterocycles. The van der Waals surface area contributed by atoms with Gasteiger partial charge in [0.25, 0.3) is 0 Å². The summed E-state index contributed by atoms with van der Waals surface area (Å²) in [7, 11) is 0. The molecule has 0 amide bonds. The minimum Gasteiger partial charge on any atom is -0.488 e. The summed E-state index contributed by atoms with van der Waals surface area (Å²) >= 11 is 1.84. The zero-order valence-electron chi connectivity index (χ0n) is 10.4. The summed E-state index contributed by atoms with van der Waals surface area (Å²) in [6.45, 7) is 0. The van der Waals surface area contributed by atoms with Crippen LogP contribution in [-0.4, -0.2) is 22.2 Å². The smallest absolute Gasteiger partial charge is 0.125 e. The van der Waals surface area contributed by atoms with Crippen LogP contribution < -0.4 is 4.74 Å². The van der Waals surface area contributed by atoms with E-state index < -0.39 is 6.10 Å². The molecule has 0 bridgehead atoms. The van der Waals surface area contributed by atoms with Gasteiger partial charge in [-0.1, -0.05) is 6.42 Å². The summed E-state index contributed by atoms with van der Waals surface area (Å²) in [6, 6.07) is 4.40. The van der Waals surface area contributed by atoms with E-state index in [1.165, 1.54) is 18.6 Å². The van der Waals surface area contributed by atoms with Crippen LogP contribution in [0.3, 0.4) is 0 Å². The zero-order valence-corrected chi connectivity index (χ0v) is 11.2. The molecule has 2 atom stereocenters. The van der Waals surface area contributed by atoms with Crippen molar-refractivity contribution in [3.05, 3.63) is 29.6 Å².